The summed E-state index contributed by atoms with van der Waals surface area (Å²) in [4.78, 5) is 10.8. The van der Waals surface area contributed by atoms with Crippen LogP contribution in [0.1, 0.15) is 13.3 Å². The van der Waals surface area contributed by atoms with Gasteiger partial charge in [-0.1, -0.05) is 22.6 Å². The summed E-state index contributed by atoms with van der Waals surface area (Å²) in [5, 5.41) is 19.0. The van der Waals surface area contributed by atoms with Gasteiger partial charge < -0.3 is 14.9 Å². The minimum atomic E-state index is -0.945. The largest absolute Gasteiger partial charge is 0.389 e. The number of hydrogen-bond donors (Lipinski definition) is 2. The number of hydrogen-bond acceptors (Lipinski definition) is 4. The Morgan fingerprint density at radius 2 is 2.15 bits per heavy atom. The molecule has 1 saturated heterocycles. The maximum atomic E-state index is 10.8. The number of aliphatic hydroxyl groups is 2. The van der Waals surface area contributed by atoms with Gasteiger partial charge in [-0.2, -0.15) is 0 Å². The first-order valence-electron chi connectivity index (χ1n) is 4.13. The number of halogens is 1. The molecule has 76 valence electrons. The van der Waals surface area contributed by atoms with Crippen LogP contribution in [0.25, 0.3) is 0 Å². The van der Waals surface area contributed by atoms with Crippen molar-refractivity contribution >= 4 is 28.4 Å². The molecule has 0 bridgehead atoms. The summed E-state index contributed by atoms with van der Waals surface area (Å²) < 4.78 is 5.14. The van der Waals surface area contributed by atoms with Crippen molar-refractivity contribution in [1.29, 1.82) is 0 Å². The van der Waals surface area contributed by atoms with Gasteiger partial charge in [0.15, 0.2) is 0 Å². The Morgan fingerprint density at radius 1 is 1.54 bits per heavy atom. The van der Waals surface area contributed by atoms with E-state index < -0.39 is 18.3 Å². The van der Waals surface area contributed by atoms with Gasteiger partial charge in [-0.3, -0.25) is 4.79 Å². The van der Waals surface area contributed by atoms with Crippen molar-refractivity contribution in [3.05, 3.63) is 0 Å². The zero-order chi connectivity index (χ0) is 10.0. The van der Waals surface area contributed by atoms with E-state index in [0.29, 0.717) is 6.61 Å². The first-order chi connectivity index (χ1) is 6.02. The molecule has 1 aliphatic rings. The Labute approximate surface area is 90.4 Å². The van der Waals surface area contributed by atoms with Gasteiger partial charge in [0.2, 0.25) is 0 Å². The summed E-state index contributed by atoms with van der Waals surface area (Å²) >= 11 is 2.02. The van der Waals surface area contributed by atoms with Gasteiger partial charge in [0, 0.05) is 6.42 Å². The van der Waals surface area contributed by atoms with E-state index in [2.05, 4.69) is 0 Å². The molecule has 0 radical (unpaired) electrons. The number of aliphatic hydroxyl groups excluding tert-OH is 2. The lowest BCUT2D eigenvalue weighted by Gasteiger charge is -2.34. The number of rotatable bonds is 2. The van der Waals surface area contributed by atoms with Crippen molar-refractivity contribution in [3.63, 3.8) is 0 Å². The Bertz CT molecular complexity index is 197. The standard InChI is InChI=1S/C8H13IO4/c1-4(10)2-6-8(12)7(11)5(9)3-13-6/h5-8,11-12H,2-3H2,1H3/t5-,6?,7+,8+/m1/s1. The quantitative estimate of drug-likeness (QED) is 0.552. The molecule has 1 aliphatic heterocycles. The highest BCUT2D eigenvalue weighted by Crippen LogP contribution is 2.22. The number of carbonyl (C=O) groups is 1. The minimum absolute atomic E-state index is 0.0387. The van der Waals surface area contributed by atoms with Crippen LogP contribution in [0.5, 0.6) is 0 Å². The maximum absolute atomic E-state index is 10.8. The Balaban J connectivity index is 2.53. The molecule has 1 heterocycles. The van der Waals surface area contributed by atoms with Crippen LogP contribution in [0.15, 0.2) is 0 Å². The fourth-order valence-corrected chi connectivity index (χ4v) is 1.94. The molecule has 2 N–H and O–H groups in total. The lowest BCUT2D eigenvalue weighted by molar-refractivity contribution is -0.141. The molecule has 1 unspecified atom stereocenters. The lowest BCUT2D eigenvalue weighted by Crippen LogP contribution is -2.51. The van der Waals surface area contributed by atoms with Crippen LogP contribution in [-0.2, 0) is 9.53 Å². The van der Waals surface area contributed by atoms with E-state index in [1.807, 2.05) is 22.6 Å². The molecular formula is C8H13IO4. The van der Waals surface area contributed by atoms with Gasteiger partial charge in [-0.05, 0) is 6.92 Å². The summed E-state index contributed by atoms with van der Waals surface area (Å²) in [6.45, 7) is 1.83. The van der Waals surface area contributed by atoms with E-state index in [1.54, 1.807) is 0 Å². The Kier molecular flexibility index (Phi) is 4.08. The van der Waals surface area contributed by atoms with E-state index in [4.69, 9.17) is 4.74 Å². The van der Waals surface area contributed by atoms with E-state index >= 15 is 0 Å². The van der Waals surface area contributed by atoms with Gasteiger partial charge >= 0.3 is 0 Å². The molecule has 1 fully saturated rings. The molecular weight excluding hydrogens is 287 g/mol. The third-order valence-electron chi connectivity index (χ3n) is 2.06. The zero-order valence-electron chi connectivity index (χ0n) is 7.31. The molecule has 1 rings (SSSR count). The smallest absolute Gasteiger partial charge is 0.132 e. The monoisotopic (exact) mass is 300 g/mol. The molecule has 0 saturated carbocycles. The third kappa shape index (κ3) is 2.87. The molecule has 4 nitrogen and oxygen atoms in total. The van der Waals surface area contributed by atoms with E-state index in [0.717, 1.165) is 0 Å². The minimum Gasteiger partial charge on any atom is -0.389 e. The average molecular weight is 300 g/mol. The van der Waals surface area contributed by atoms with Crippen molar-refractivity contribution in [3.8, 4) is 0 Å². The highest BCUT2D eigenvalue weighted by Gasteiger charge is 2.37. The predicted octanol–water partition coefficient (Wildman–Crippen LogP) is -0.110. The van der Waals surface area contributed by atoms with Crippen LogP contribution >= 0.6 is 22.6 Å². The van der Waals surface area contributed by atoms with Gasteiger partial charge in [-0.25, -0.2) is 0 Å². The van der Waals surface area contributed by atoms with Gasteiger partial charge in [0.25, 0.3) is 0 Å². The maximum Gasteiger partial charge on any atom is 0.132 e. The summed E-state index contributed by atoms with van der Waals surface area (Å²) in [7, 11) is 0. The molecule has 0 aromatic rings. The SMILES string of the molecule is CC(=O)CC1OC[C@@H](I)[C@H](O)[C@H]1O. The van der Waals surface area contributed by atoms with Crippen molar-refractivity contribution in [2.24, 2.45) is 0 Å². The third-order valence-corrected chi connectivity index (χ3v) is 3.16. The van der Waals surface area contributed by atoms with Crippen LogP contribution in [-0.4, -0.2) is 44.8 Å². The number of ketones is 1. The normalized spacial score (nSPS) is 40.3. The number of ether oxygens (including phenoxy) is 1. The highest BCUT2D eigenvalue weighted by atomic mass is 127. The Hall–Kier alpha value is 0.280. The molecule has 13 heavy (non-hydrogen) atoms. The Morgan fingerprint density at radius 3 is 2.69 bits per heavy atom. The topological polar surface area (TPSA) is 66.8 Å². The summed E-state index contributed by atoms with van der Waals surface area (Å²) in [5.74, 6) is -0.0387. The van der Waals surface area contributed by atoms with E-state index in [1.165, 1.54) is 6.92 Å². The second-order valence-corrected chi connectivity index (χ2v) is 4.88. The average Bonchev–Trinajstić information content (AvgIpc) is 2.06. The number of alkyl halides is 1. The second-order valence-electron chi connectivity index (χ2n) is 3.28. The van der Waals surface area contributed by atoms with Crippen LogP contribution < -0.4 is 0 Å². The fraction of sp³-hybridized carbons (Fsp3) is 0.875. The zero-order valence-corrected chi connectivity index (χ0v) is 9.47. The van der Waals surface area contributed by atoms with Gasteiger partial charge in [0.1, 0.15) is 11.9 Å². The predicted molar refractivity (Wildman–Crippen MR) is 54.9 cm³/mol. The van der Waals surface area contributed by atoms with E-state index in [9.17, 15) is 15.0 Å². The summed E-state index contributed by atoms with van der Waals surface area (Å²) in [6, 6.07) is 0. The van der Waals surface area contributed by atoms with Gasteiger partial charge in [0.05, 0.1) is 22.7 Å². The molecule has 0 aliphatic carbocycles. The first kappa shape index (κ1) is 11.4. The van der Waals surface area contributed by atoms with E-state index in [-0.39, 0.29) is 16.1 Å². The molecule has 5 heteroatoms. The van der Waals surface area contributed by atoms with Crippen molar-refractivity contribution in [2.45, 2.75) is 35.6 Å². The molecule has 0 aromatic carbocycles. The van der Waals surface area contributed by atoms with Crippen molar-refractivity contribution in [2.75, 3.05) is 6.61 Å². The fourth-order valence-electron chi connectivity index (χ4n) is 1.31. The van der Waals surface area contributed by atoms with Crippen molar-refractivity contribution < 1.29 is 19.7 Å². The molecule has 0 aromatic heterocycles. The first-order valence-corrected chi connectivity index (χ1v) is 5.38. The highest BCUT2D eigenvalue weighted by molar-refractivity contribution is 14.1. The molecule has 0 amide bonds. The summed E-state index contributed by atoms with van der Waals surface area (Å²) in [5.41, 5.74) is 0. The second kappa shape index (κ2) is 4.68. The van der Waals surface area contributed by atoms with Gasteiger partial charge in [-0.15, -0.1) is 0 Å². The number of Topliss-reactive ketones (excluding diaryl/α,β-unsaturated/α-hetero) is 1. The lowest BCUT2D eigenvalue weighted by atomic mass is 9.99. The summed E-state index contributed by atoms with van der Waals surface area (Å²) in [6.07, 6.45) is -2.11. The number of carbonyl (C=O) groups excluding carboxylic acids is 1. The van der Waals surface area contributed by atoms with Crippen LogP contribution in [0, 0.1) is 0 Å². The van der Waals surface area contributed by atoms with Crippen molar-refractivity contribution in [1.82, 2.24) is 0 Å². The van der Waals surface area contributed by atoms with Crippen LogP contribution in [0.4, 0.5) is 0 Å². The van der Waals surface area contributed by atoms with Crippen LogP contribution in [0.3, 0.4) is 0 Å². The molecule has 0 spiro atoms. The molecule has 4 atom stereocenters. The van der Waals surface area contributed by atoms with Crippen LogP contribution in [0.2, 0.25) is 0 Å².